The molecule has 1 heterocycles. The number of anilines is 2. The second-order valence-corrected chi connectivity index (χ2v) is 7.80. The maximum Gasteiger partial charge on any atom is 0.240 e. The van der Waals surface area contributed by atoms with E-state index in [2.05, 4.69) is 10.2 Å². The molecule has 0 bridgehead atoms. The summed E-state index contributed by atoms with van der Waals surface area (Å²) in [5.41, 5.74) is 1.84. The molecular formula is C23H27N3O3. The van der Waals surface area contributed by atoms with Gasteiger partial charge in [-0.05, 0) is 30.5 Å². The minimum atomic E-state index is -0.943. The van der Waals surface area contributed by atoms with Crippen molar-refractivity contribution in [3.63, 3.8) is 0 Å². The Morgan fingerprint density at radius 3 is 2.38 bits per heavy atom. The third kappa shape index (κ3) is 4.12. The number of para-hydroxylation sites is 2. The molecule has 1 N–H and O–H groups in total. The first-order valence-electron chi connectivity index (χ1n) is 10.1. The molecule has 4 rings (SSSR count). The molecule has 0 atom stereocenters. The number of ether oxygens (including phenoxy) is 1. The van der Waals surface area contributed by atoms with E-state index < -0.39 is 5.41 Å². The Labute approximate surface area is 171 Å². The molecule has 1 saturated carbocycles. The fourth-order valence-corrected chi connectivity index (χ4v) is 3.86. The van der Waals surface area contributed by atoms with Crippen LogP contribution < -0.4 is 10.2 Å². The fourth-order valence-electron chi connectivity index (χ4n) is 3.86. The first kappa shape index (κ1) is 19.5. The van der Waals surface area contributed by atoms with Gasteiger partial charge in [0, 0.05) is 26.7 Å². The number of carbonyl (C=O) groups is 2. The molecule has 2 aliphatic rings. The Hall–Kier alpha value is -2.86. The zero-order valence-corrected chi connectivity index (χ0v) is 16.8. The molecule has 0 aromatic heterocycles. The number of morpholine rings is 1. The van der Waals surface area contributed by atoms with Crippen molar-refractivity contribution in [2.45, 2.75) is 19.4 Å². The molecule has 2 aromatic rings. The number of rotatable bonds is 6. The van der Waals surface area contributed by atoms with Gasteiger partial charge in [0.15, 0.2) is 0 Å². The van der Waals surface area contributed by atoms with Crippen LogP contribution in [0.15, 0.2) is 54.6 Å². The number of nitrogens with zero attached hydrogens (tertiary/aromatic N) is 2. The van der Waals surface area contributed by atoms with E-state index in [1.165, 1.54) is 0 Å². The predicted octanol–water partition coefficient (Wildman–Crippen LogP) is 2.90. The molecule has 0 radical (unpaired) electrons. The average Bonchev–Trinajstić information content (AvgIpc) is 3.57. The predicted molar refractivity (Wildman–Crippen MR) is 113 cm³/mol. The molecule has 0 spiro atoms. The van der Waals surface area contributed by atoms with E-state index >= 15 is 0 Å². The summed E-state index contributed by atoms with van der Waals surface area (Å²) in [6, 6.07) is 17.6. The number of benzene rings is 2. The number of hydrogen-bond acceptors (Lipinski definition) is 4. The molecule has 1 saturated heterocycles. The van der Waals surface area contributed by atoms with E-state index in [-0.39, 0.29) is 11.8 Å². The lowest BCUT2D eigenvalue weighted by Crippen LogP contribution is -2.41. The lowest BCUT2D eigenvalue weighted by atomic mass is 10.0. The first-order valence-corrected chi connectivity index (χ1v) is 10.1. The van der Waals surface area contributed by atoms with Crippen molar-refractivity contribution >= 4 is 23.2 Å². The molecule has 152 valence electrons. The van der Waals surface area contributed by atoms with Crippen LogP contribution in [-0.2, 0) is 20.9 Å². The van der Waals surface area contributed by atoms with Gasteiger partial charge in [-0.1, -0.05) is 42.5 Å². The average molecular weight is 393 g/mol. The monoisotopic (exact) mass is 393 g/mol. The zero-order chi connectivity index (χ0) is 20.3. The lowest BCUT2D eigenvalue weighted by Gasteiger charge is -2.31. The largest absolute Gasteiger partial charge is 0.378 e. The van der Waals surface area contributed by atoms with Crippen LogP contribution in [0.2, 0.25) is 0 Å². The molecular weight excluding hydrogens is 366 g/mol. The smallest absolute Gasteiger partial charge is 0.240 e. The van der Waals surface area contributed by atoms with Gasteiger partial charge in [0.2, 0.25) is 11.8 Å². The second-order valence-electron chi connectivity index (χ2n) is 7.80. The number of nitrogens with one attached hydrogen (secondary N) is 1. The number of amides is 2. The summed E-state index contributed by atoms with van der Waals surface area (Å²) < 4.78 is 5.43. The Kier molecular flexibility index (Phi) is 5.53. The van der Waals surface area contributed by atoms with Crippen molar-refractivity contribution in [1.82, 2.24) is 4.90 Å². The Bertz CT molecular complexity index is 874. The van der Waals surface area contributed by atoms with Crippen LogP contribution in [0.5, 0.6) is 0 Å². The Morgan fingerprint density at radius 1 is 1.03 bits per heavy atom. The standard InChI is InChI=1S/C23H27N3O3/c1-25(17-18-7-3-2-4-8-18)22(28)23(11-12-23)21(27)24-19-9-5-6-10-20(19)26-13-15-29-16-14-26/h2-10H,11-17H2,1H3,(H,24,27). The van der Waals surface area contributed by atoms with E-state index in [4.69, 9.17) is 4.74 Å². The Morgan fingerprint density at radius 2 is 1.69 bits per heavy atom. The van der Waals surface area contributed by atoms with Crippen LogP contribution in [0, 0.1) is 5.41 Å². The number of carbonyl (C=O) groups excluding carboxylic acids is 2. The molecule has 6 heteroatoms. The molecule has 2 amide bonds. The molecule has 29 heavy (non-hydrogen) atoms. The minimum Gasteiger partial charge on any atom is -0.378 e. The summed E-state index contributed by atoms with van der Waals surface area (Å²) in [5, 5.41) is 3.04. The second kappa shape index (κ2) is 8.25. The van der Waals surface area contributed by atoms with Gasteiger partial charge in [-0.2, -0.15) is 0 Å². The van der Waals surface area contributed by atoms with Crippen LogP contribution in [0.1, 0.15) is 18.4 Å². The molecule has 6 nitrogen and oxygen atoms in total. The van der Waals surface area contributed by atoms with E-state index in [0.717, 1.165) is 30.0 Å². The maximum atomic E-state index is 13.1. The summed E-state index contributed by atoms with van der Waals surface area (Å²) in [4.78, 5) is 30.1. The molecule has 2 fully saturated rings. The molecule has 1 aliphatic carbocycles. The van der Waals surface area contributed by atoms with E-state index in [9.17, 15) is 9.59 Å². The third-order valence-corrected chi connectivity index (χ3v) is 5.71. The van der Waals surface area contributed by atoms with Crippen LogP contribution in [0.4, 0.5) is 11.4 Å². The van der Waals surface area contributed by atoms with Crippen LogP contribution in [0.25, 0.3) is 0 Å². The van der Waals surface area contributed by atoms with Gasteiger partial charge in [-0.25, -0.2) is 0 Å². The van der Waals surface area contributed by atoms with Gasteiger partial charge < -0.3 is 19.9 Å². The summed E-state index contributed by atoms with van der Waals surface area (Å²) >= 11 is 0. The summed E-state index contributed by atoms with van der Waals surface area (Å²) in [6.07, 6.45) is 1.19. The van der Waals surface area contributed by atoms with Gasteiger partial charge in [0.05, 0.1) is 24.6 Å². The highest BCUT2D eigenvalue weighted by atomic mass is 16.5. The highest BCUT2D eigenvalue weighted by Gasteiger charge is 2.57. The van der Waals surface area contributed by atoms with Crippen molar-refractivity contribution in [3.05, 3.63) is 60.2 Å². The fraction of sp³-hybridized carbons (Fsp3) is 0.391. The van der Waals surface area contributed by atoms with Crippen molar-refractivity contribution in [2.75, 3.05) is 43.6 Å². The minimum absolute atomic E-state index is 0.109. The first-order chi connectivity index (χ1) is 14.1. The number of hydrogen-bond donors (Lipinski definition) is 1. The van der Waals surface area contributed by atoms with Crippen LogP contribution in [0.3, 0.4) is 0 Å². The third-order valence-electron chi connectivity index (χ3n) is 5.71. The van der Waals surface area contributed by atoms with Crippen molar-refractivity contribution < 1.29 is 14.3 Å². The van der Waals surface area contributed by atoms with Crippen LogP contribution in [-0.4, -0.2) is 50.1 Å². The zero-order valence-electron chi connectivity index (χ0n) is 16.8. The van der Waals surface area contributed by atoms with Gasteiger partial charge in [-0.3, -0.25) is 9.59 Å². The lowest BCUT2D eigenvalue weighted by molar-refractivity contribution is -0.141. The van der Waals surface area contributed by atoms with Crippen molar-refractivity contribution in [3.8, 4) is 0 Å². The van der Waals surface area contributed by atoms with E-state index in [0.29, 0.717) is 32.6 Å². The summed E-state index contributed by atoms with van der Waals surface area (Å²) in [5.74, 6) is -0.314. The van der Waals surface area contributed by atoms with E-state index in [1.807, 2.05) is 54.6 Å². The van der Waals surface area contributed by atoms with Crippen LogP contribution >= 0.6 is 0 Å². The normalized spacial score (nSPS) is 17.5. The molecule has 1 aliphatic heterocycles. The Balaban J connectivity index is 1.46. The van der Waals surface area contributed by atoms with Gasteiger partial charge in [-0.15, -0.1) is 0 Å². The highest BCUT2D eigenvalue weighted by Crippen LogP contribution is 2.48. The van der Waals surface area contributed by atoms with Gasteiger partial charge in [0.1, 0.15) is 5.41 Å². The quantitative estimate of drug-likeness (QED) is 0.767. The van der Waals surface area contributed by atoms with E-state index in [1.54, 1.807) is 11.9 Å². The topological polar surface area (TPSA) is 61.9 Å². The van der Waals surface area contributed by atoms with Crippen molar-refractivity contribution in [1.29, 1.82) is 0 Å². The van der Waals surface area contributed by atoms with Gasteiger partial charge >= 0.3 is 0 Å². The molecule has 0 unspecified atom stereocenters. The highest BCUT2D eigenvalue weighted by molar-refractivity contribution is 6.13. The summed E-state index contributed by atoms with van der Waals surface area (Å²) in [7, 11) is 1.77. The van der Waals surface area contributed by atoms with Gasteiger partial charge in [0.25, 0.3) is 0 Å². The summed E-state index contributed by atoms with van der Waals surface area (Å²) in [6.45, 7) is 3.43. The van der Waals surface area contributed by atoms with Crippen molar-refractivity contribution in [2.24, 2.45) is 5.41 Å². The maximum absolute atomic E-state index is 13.1. The molecule has 2 aromatic carbocycles. The SMILES string of the molecule is CN(Cc1ccccc1)C(=O)C1(C(=O)Nc2ccccc2N2CCOCC2)CC1.